The number of hydrogen-bond donors (Lipinski definition) is 1. The van der Waals surface area contributed by atoms with E-state index in [-0.39, 0.29) is 0 Å². The maximum Gasteiger partial charge on any atom is 0.160 e. The van der Waals surface area contributed by atoms with Crippen LogP contribution in [-0.2, 0) is 6.42 Å². The molecular weight excluding hydrogens is 324 g/mol. The van der Waals surface area contributed by atoms with Gasteiger partial charge in [-0.05, 0) is 42.0 Å². The molecule has 4 aromatic rings. The molecule has 2 heterocycles. The van der Waals surface area contributed by atoms with Gasteiger partial charge in [-0.25, -0.2) is 0 Å². The number of benzene rings is 2. The maximum atomic E-state index is 5.20. The van der Waals surface area contributed by atoms with Crippen molar-refractivity contribution in [2.24, 2.45) is 0 Å². The summed E-state index contributed by atoms with van der Waals surface area (Å²) in [7, 11) is 1.66. The van der Waals surface area contributed by atoms with Crippen LogP contribution in [0.1, 0.15) is 11.3 Å². The highest BCUT2D eigenvalue weighted by Crippen LogP contribution is 2.27. The van der Waals surface area contributed by atoms with E-state index in [1.165, 1.54) is 0 Å². The van der Waals surface area contributed by atoms with E-state index in [9.17, 15) is 0 Å². The van der Waals surface area contributed by atoms with Gasteiger partial charge in [0.2, 0.25) is 0 Å². The molecule has 128 valence electrons. The maximum absolute atomic E-state index is 5.20. The lowest BCUT2D eigenvalue weighted by Crippen LogP contribution is -2.02. The Hall–Kier alpha value is -3.47. The smallest absolute Gasteiger partial charge is 0.160 e. The van der Waals surface area contributed by atoms with Crippen LogP contribution in [0.2, 0.25) is 0 Å². The van der Waals surface area contributed by atoms with Gasteiger partial charge >= 0.3 is 0 Å². The van der Waals surface area contributed by atoms with Crippen LogP contribution < -0.4 is 10.1 Å². The number of nitrogens with zero attached hydrogens (tertiary/aromatic N) is 3. The number of hydrogen-bond acceptors (Lipinski definition) is 5. The minimum atomic E-state index is 0.721. The van der Waals surface area contributed by atoms with Crippen molar-refractivity contribution >= 4 is 22.3 Å². The molecule has 4 rings (SSSR count). The summed E-state index contributed by atoms with van der Waals surface area (Å²) >= 11 is 0. The highest BCUT2D eigenvalue weighted by molar-refractivity contribution is 5.94. The van der Waals surface area contributed by atoms with E-state index in [2.05, 4.69) is 32.6 Å². The molecule has 0 aliphatic carbocycles. The van der Waals surface area contributed by atoms with Crippen molar-refractivity contribution in [2.45, 2.75) is 6.42 Å². The Morgan fingerprint density at radius 3 is 2.31 bits per heavy atom. The first-order chi connectivity index (χ1) is 12.8. The molecule has 0 bridgehead atoms. The first kappa shape index (κ1) is 16.0. The fraction of sp³-hybridized carbons (Fsp3) is 0.0952. The Balaban J connectivity index is 1.69. The molecule has 0 unspecified atom stereocenters. The average Bonchev–Trinajstić information content (AvgIpc) is 2.71. The van der Waals surface area contributed by atoms with Crippen LogP contribution in [0.5, 0.6) is 5.75 Å². The van der Waals surface area contributed by atoms with E-state index in [1.807, 2.05) is 48.5 Å². The molecule has 1 N–H and O–H groups in total. The number of methoxy groups -OCH3 is 1. The van der Waals surface area contributed by atoms with E-state index >= 15 is 0 Å². The second-order valence-corrected chi connectivity index (χ2v) is 5.93. The monoisotopic (exact) mass is 342 g/mol. The summed E-state index contributed by atoms with van der Waals surface area (Å²) in [6.07, 6.45) is 4.31. The lowest BCUT2D eigenvalue weighted by Gasteiger charge is -2.11. The van der Waals surface area contributed by atoms with E-state index in [4.69, 9.17) is 4.74 Å². The Bertz CT molecular complexity index is 1020. The SMILES string of the molecule is COc1ccc(Nc2nnc(Cc3ccncc3)c3ccccc23)cc1. The zero-order valence-corrected chi connectivity index (χ0v) is 14.4. The van der Waals surface area contributed by atoms with E-state index in [0.717, 1.165) is 45.7 Å². The van der Waals surface area contributed by atoms with Gasteiger partial charge in [0.1, 0.15) is 5.75 Å². The van der Waals surface area contributed by atoms with Crippen molar-refractivity contribution in [3.63, 3.8) is 0 Å². The molecule has 26 heavy (non-hydrogen) atoms. The molecule has 0 atom stereocenters. The van der Waals surface area contributed by atoms with E-state index < -0.39 is 0 Å². The summed E-state index contributed by atoms with van der Waals surface area (Å²) in [5, 5.41) is 14.4. The lowest BCUT2D eigenvalue weighted by atomic mass is 10.0. The Morgan fingerprint density at radius 2 is 1.58 bits per heavy atom. The number of pyridine rings is 1. The second-order valence-electron chi connectivity index (χ2n) is 5.93. The third-order valence-corrected chi connectivity index (χ3v) is 4.24. The number of nitrogens with one attached hydrogen (secondary N) is 1. The summed E-state index contributed by atoms with van der Waals surface area (Å²) in [6.45, 7) is 0. The zero-order valence-electron chi connectivity index (χ0n) is 14.4. The molecule has 2 aromatic carbocycles. The molecule has 0 radical (unpaired) electrons. The molecule has 0 fully saturated rings. The Kier molecular flexibility index (Phi) is 4.43. The number of aromatic nitrogens is 3. The van der Waals surface area contributed by atoms with Gasteiger partial charge in [0.05, 0.1) is 12.8 Å². The van der Waals surface area contributed by atoms with Crippen molar-refractivity contribution in [1.82, 2.24) is 15.2 Å². The third kappa shape index (κ3) is 3.32. The summed E-state index contributed by atoms with van der Waals surface area (Å²) in [4.78, 5) is 4.07. The number of ether oxygens (including phenoxy) is 1. The Morgan fingerprint density at radius 1 is 0.846 bits per heavy atom. The average molecular weight is 342 g/mol. The molecule has 0 saturated heterocycles. The Labute approximate surface area is 151 Å². The van der Waals surface area contributed by atoms with Crippen LogP contribution in [0.3, 0.4) is 0 Å². The predicted molar refractivity (Wildman–Crippen MR) is 103 cm³/mol. The minimum Gasteiger partial charge on any atom is -0.497 e. The number of rotatable bonds is 5. The van der Waals surface area contributed by atoms with Crippen molar-refractivity contribution in [3.8, 4) is 5.75 Å². The molecule has 0 aliphatic rings. The van der Waals surface area contributed by atoms with Crippen LogP contribution in [-0.4, -0.2) is 22.3 Å². The van der Waals surface area contributed by atoms with E-state index in [0.29, 0.717) is 0 Å². The second kappa shape index (κ2) is 7.19. The summed E-state index contributed by atoms with van der Waals surface area (Å²) in [6, 6.07) is 19.9. The molecule has 5 heteroatoms. The van der Waals surface area contributed by atoms with Crippen molar-refractivity contribution < 1.29 is 4.74 Å². The summed E-state index contributed by atoms with van der Waals surface area (Å²) < 4.78 is 5.20. The van der Waals surface area contributed by atoms with Gasteiger partial charge in [-0.15, -0.1) is 5.10 Å². The molecular formula is C21H18N4O. The summed E-state index contributed by atoms with van der Waals surface area (Å²) in [5.74, 6) is 1.56. The fourth-order valence-electron chi connectivity index (χ4n) is 2.89. The standard InChI is InChI=1S/C21H18N4O/c1-26-17-8-6-16(7-9-17)23-21-19-5-3-2-4-18(19)20(24-25-21)14-15-10-12-22-13-11-15/h2-13H,14H2,1H3,(H,23,25). The van der Waals surface area contributed by atoms with Crippen LogP contribution in [0, 0.1) is 0 Å². The lowest BCUT2D eigenvalue weighted by molar-refractivity contribution is 0.415. The number of anilines is 2. The highest BCUT2D eigenvalue weighted by Gasteiger charge is 2.10. The molecule has 5 nitrogen and oxygen atoms in total. The molecule has 0 saturated carbocycles. The largest absolute Gasteiger partial charge is 0.497 e. The van der Waals surface area contributed by atoms with Gasteiger partial charge in [-0.1, -0.05) is 24.3 Å². The van der Waals surface area contributed by atoms with Gasteiger partial charge < -0.3 is 10.1 Å². The molecule has 0 aliphatic heterocycles. The van der Waals surface area contributed by atoms with Crippen molar-refractivity contribution in [2.75, 3.05) is 12.4 Å². The van der Waals surface area contributed by atoms with Crippen molar-refractivity contribution in [1.29, 1.82) is 0 Å². The first-order valence-corrected chi connectivity index (χ1v) is 8.38. The van der Waals surface area contributed by atoms with Crippen LogP contribution in [0.4, 0.5) is 11.5 Å². The van der Waals surface area contributed by atoms with Gasteiger partial charge in [0.25, 0.3) is 0 Å². The van der Waals surface area contributed by atoms with Crippen molar-refractivity contribution in [3.05, 3.63) is 84.3 Å². The molecule has 2 aromatic heterocycles. The number of fused-ring (bicyclic) bond motifs is 1. The van der Waals surface area contributed by atoms with Crippen LogP contribution >= 0.6 is 0 Å². The topological polar surface area (TPSA) is 59.9 Å². The molecule has 0 amide bonds. The van der Waals surface area contributed by atoms with Gasteiger partial charge in [-0.2, -0.15) is 5.10 Å². The highest BCUT2D eigenvalue weighted by atomic mass is 16.5. The predicted octanol–water partition coefficient (Wildman–Crippen LogP) is 4.37. The zero-order chi connectivity index (χ0) is 17.8. The quantitative estimate of drug-likeness (QED) is 0.584. The minimum absolute atomic E-state index is 0.721. The van der Waals surface area contributed by atoms with Crippen LogP contribution in [0.15, 0.2) is 73.1 Å². The molecule has 0 spiro atoms. The fourth-order valence-corrected chi connectivity index (χ4v) is 2.89. The summed E-state index contributed by atoms with van der Waals surface area (Å²) in [5.41, 5.74) is 3.05. The normalized spacial score (nSPS) is 10.7. The third-order valence-electron chi connectivity index (χ3n) is 4.24. The van der Waals surface area contributed by atoms with Gasteiger partial charge in [0, 0.05) is 35.3 Å². The van der Waals surface area contributed by atoms with E-state index in [1.54, 1.807) is 19.5 Å². The van der Waals surface area contributed by atoms with Gasteiger partial charge in [0.15, 0.2) is 5.82 Å². The van der Waals surface area contributed by atoms with Gasteiger partial charge in [-0.3, -0.25) is 4.98 Å². The first-order valence-electron chi connectivity index (χ1n) is 8.38. The van der Waals surface area contributed by atoms with Crippen LogP contribution in [0.25, 0.3) is 10.8 Å².